The molecule has 18 heavy (non-hydrogen) atoms. The van der Waals surface area contributed by atoms with E-state index in [0.717, 1.165) is 0 Å². The van der Waals surface area contributed by atoms with E-state index in [9.17, 15) is 9.59 Å². The smallest absolute Gasteiger partial charge is 0.326 e. The van der Waals surface area contributed by atoms with Crippen molar-refractivity contribution in [3.63, 3.8) is 0 Å². The van der Waals surface area contributed by atoms with Gasteiger partial charge in [-0.1, -0.05) is 26.8 Å². The molecule has 0 saturated carbocycles. The molecule has 0 aliphatic carbocycles. The number of aliphatic carboxylic acids is 1. The maximum absolute atomic E-state index is 11.6. The number of carbonyl (C=O) groups is 2. The fourth-order valence-corrected chi connectivity index (χ4v) is 1.74. The minimum absolute atomic E-state index is 0.0486. The SMILES string of the molecule is C=CCC(NC(=O)CC(N)CC(C)(C)C)C(=O)O. The lowest BCUT2D eigenvalue weighted by Crippen LogP contribution is -2.43. The van der Waals surface area contributed by atoms with Crippen molar-refractivity contribution in [2.24, 2.45) is 11.1 Å². The predicted octanol–water partition coefficient (Wildman–Crippen LogP) is 1.29. The van der Waals surface area contributed by atoms with E-state index in [0.29, 0.717) is 6.42 Å². The maximum atomic E-state index is 11.6. The van der Waals surface area contributed by atoms with Crippen LogP contribution >= 0.6 is 0 Å². The van der Waals surface area contributed by atoms with Gasteiger partial charge in [0.2, 0.25) is 5.91 Å². The fourth-order valence-electron chi connectivity index (χ4n) is 1.74. The lowest BCUT2D eigenvalue weighted by atomic mass is 9.87. The zero-order valence-corrected chi connectivity index (χ0v) is 11.4. The zero-order valence-electron chi connectivity index (χ0n) is 11.4. The Morgan fingerprint density at radius 3 is 2.39 bits per heavy atom. The molecule has 0 spiro atoms. The molecule has 0 aromatic heterocycles. The van der Waals surface area contributed by atoms with Crippen LogP contribution in [0.1, 0.15) is 40.0 Å². The first-order valence-corrected chi connectivity index (χ1v) is 6.04. The molecule has 5 heteroatoms. The van der Waals surface area contributed by atoms with E-state index in [-0.39, 0.29) is 30.2 Å². The number of carboxylic acids is 1. The molecule has 0 heterocycles. The van der Waals surface area contributed by atoms with Crippen LogP contribution in [0, 0.1) is 5.41 Å². The molecule has 2 atom stereocenters. The Kier molecular flexibility index (Phi) is 6.62. The van der Waals surface area contributed by atoms with E-state index in [2.05, 4.69) is 11.9 Å². The van der Waals surface area contributed by atoms with Gasteiger partial charge in [0.05, 0.1) is 0 Å². The Morgan fingerprint density at radius 1 is 1.44 bits per heavy atom. The van der Waals surface area contributed by atoms with Crippen LogP contribution in [0.4, 0.5) is 0 Å². The normalized spacial score (nSPS) is 14.7. The van der Waals surface area contributed by atoms with Gasteiger partial charge in [-0.2, -0.15) is 0 Å². The Balaban J connectivity index is 4.24. The largest absolute Gasteiger partial charge is 0.480 e. The van der Waals surface area contributed by atoms with Gasteiger partial charge in [-0.25, -0.2) is 4.79 Å². The molecule has 5 nitrogen and oxygen atoms in total. The van der Waals surface area contributed by atoms with Gasteiger partial charge in [0.15, 0.2) is 0 Å². The maximum Gasteiger partial charge on any atom is 0.326 e. The molecular weight excluding hydrogens is 232 g/mol. The van der Waals surface area contributed by atoms with Crippen molar-refractivity contribution in [3.8, 4) is 0 Å². The number of carboxylic acid groups (broad SMARTS) is 1. The Labute approximate surface area is 108 Å². The van der Waals surface area contributed by atoms with E-state index < -0.39 is 12.0 Å². The molecule has 0 saturated heterocycles. The molecule has 0 rings (SSSR count). The van der Waals surface area contributed by atoms with Crippen LogP contribution in [0.5, 0.6) is 0 Å². The molecule has 0 radical (unpaired) electrons. The average Bonchev–Trinajstić information content (AvgIpc) is 2.13. The molecule has 2 unspecified atom stereocenters. The Bertz CT molecular complexity index is 308. The molecule has 0 aliphatic rings. The van der Waals surface area contributed by atoms with Crippen LogP contribution in [-0.2, 0) is 9.59 Å². The number of nitrogens with two attached hydrogens (primary N) is 1. The number of nitrogens with one attached hydrogen (secondary N) is 1. The van der Waals surface area contributed by atoms with Crippen molar-refractivity contribution in [2.45, 2.75) is 52.1 Å². The second kappa shape index (κ2) is 7.16. The van der Waals surface area contributed by atoms with Gasteiger partial charge >= 0.3 is 5.97 Å². The van der Waals surface area contributed by atoms with Crippen LogP contribution in [0.3, 0.4) is 0 Å². The first-order valence-electron chi connectivity index (χ1n) is 6.04. The number of hydrogen-bond donors (Lipinski definition) is 3. The van der Waals surface area contributed by atoms with Crippen molar-refractivity contribution in [2.75, 3.05) is 0 Å². The van der Waals surface area contributed by atoms with Crippen molar-refractivity contribution >= 4 is 11.9 Å². The molecule has 0 aromatic carbocycles. The fraction of sp³-hybridized carbons (Fsp3) is 0.692. The Hall–Kier alpha value is -1.36. The van der Waals surface area contributed by atoms with Crippen molar-refractivity contribution in [1.29, 1.82) is 0 Å². The summed E-state index contributed by atoms with van der Waals surface area (Å²) < 4.78 is 0. The first-order chi connectivity index (χ1) is 8.15. The average molecular weight is 256 g/mol. The molecule has 0 aliphatic heterocycles. The Morgan fingerprint density at radius 2 is 2.00 bits per heavy atom. The zero-order chi connectivity index (χ0) is 14.3. The van der Waals surface area contributed by atoms with Crippen molar-refractivity contribution < 1.29 is 14.7 Å². The monoisotopic (exact) mass is 256 g/mol. The third-order valence-electron chi connectivity index (χ3n) is 2.36. The van der Waals surface area contributed by atoms with Crippen molar-refractivity contribution in [1.82, 2.24) is 5.32 Å². The highest BCUT2D eigenvalue weighted by Crippen LogP contribution is 2.20. The van der Waals surface area contributed by atoms with Gasteiger partial charge in [0.25, 0.3) is 0 Å². The topological polar surface area (TPSA) is 92.4 Å². The van der Waals surface area contributed by atoms with Crippen LogP contribution < -0.4 is 11.1 Å². The highest BCUT2D eigenvalue weighted by atomic mass is 16.4. The minimum Gasteiger partial charge on any atom is -0.480 e. The van der Waals surface area contributed by atoms with E-state index >= 15 is 0 Å². The van der Waals surface area contributed by atoms with E-state index in [4.69, 9.17) is 10.8 Å². The standard InChI is InChI=1S/C13H24N2O3/c1-5-6-10(12(17)18)15-11(16)7-9(14)8-13(2,3)4/h5,9-10H,1,6-8,14H2,2-4H3,(H,15,16)(H,17,18). The molecule has 0 aromatic rings. The number of hydrogen-bond acceptors (Lipinski definition) is 3. The number of carbonyl (C=O) groups excluding carboxylic acids is 1. The summed E-state index contributed by atoms with van der Waals surface area (Å²) in [4.78, 5) is 22.5. The van der Waals surface area contributed by atoms with Crippen LogP contribution in [0.25, 0.3) is 0 Å². The van der Waals surface area contributed by atoms with Gasteiger partial charge in [-0.3, -0.25) is 4.79 Å². The van der Waals surface area contributed by atoms with Crippen LogP contribution in [0.2, 0.25) is 0 Å². The quantitative estimate of drug-likeness (QED) is 0.598. The van der Waals surface area contributed by atoms with Crippen molar-refractivity contribution in [3.05, 3.63) is 12.7 Å². The second-order valence-electron chi connectivity index (χ2n) is 5.71. The summed E-state index contributed by atoms with van der Waals surface area (Å²) in [6, 6.07) is -1.18. The van der Waals surface area contributed by atoms with E-state index in [1.165, 1.54) is 6.08 Å². The number of rotatable bonds is 7. The highest BCUT2D eigenvalue weighted by Gasteiger charge is 2.22. The summed E-state index contributed by atoms with van der Waals surface area (Å²) in [5, 5.41) is 11.3. The number of amides is 1. The lowest BCUT2D eigenvalue weighted by Gasteiger charge is -2.23. The first kappa shape index (κ1) is 16.6. The minimum atomic E-state index is -1.06. The molecule has 104 valence electrons. The summed E-state index contributed by atoms with van der Waals surface area (Å²) >= 11 is 0. The molecule has 1 amide bonds. The summed E-state index contributed by atoms with van der Waals surface area (Å²) in [6.07, 6.45) is 2.52. The van der Waals surface area contributed by atoms with Gasteiger partial charge in [0.1, 0.15) is 6.04 Å². The van der Waals surface area contributed by atoms with Gasteiger partial charge in [0, 0.05) is 12.5 Å². The summed E-state index contributed by atoms with van der Waals surface area (Å²) in [5.41, 5.74) is 5.91. The molecular formula is C13H24N2O3. The second-order valence-corrected chi connectivity index (χ2v) is 5.71. The molecule has 0 fully saturated rings. The summed E-state index contributed by atoms with van der Waals surface area (Å²) in [5.74, 6) is -1.39. The molecule has 0 bridgehead atoms. The van der Waals surface area contributed by atoms with Crippen LogP contribution in [0.15, 0.2) is 12.7 Å². The summed E-state index contributed by atoms with van der Waals surface area (Å²) in [7, 11) is 0. The third kappa shape index (κ3) is 7.84. The molecule has 4 N–H and O–H groups in total. The third-order valence-corrected chi connectivity index (χ3v) is 2.36. The van der Waals surface area contributed by atoms with E-state index in [1.807, 2.05) is 20.8 Å². The predicted molar refractivity (Wildman–Crippen MR) is 71.0 cm³/mol. The summed E-state index contributed by atoms with van der Waals surface area (Å²) in [6.45, 7) is 9.59. The van der Waals surface area contributed by atoms with E-state index in [1.54, 1.807) is 0 Å². The highest BCUT2D eigenvalue weighted by molar-refractivity contribution is 5.83. The van der Waals surface area contributed by atoms with Gasteiger partial charge in [-0.15, -0.1) is 6.58 Å². The van der Waals surface area contributed by atoms with Gasteiger partial charge < -0.3 is 16.2 Å². The van der Waals surface area contributed by atoms with Crippen LogP contribution in [-0.4, -0.2) is 29.1 Å². The lowest BCUT2D eigenvalue weighted by molar-refractivity contribution is -0.141. The van der Waals surface area contributed by atoms with Gasteiger partial charge in [-0.05, 0) is 18.3 Å².